The van der Waals surface area contributed by atoms with Crippen molar-refractivity contribution in [2.45, 2.75) is 25.9 Å². The molecule has 0 radical (unpaired) electrons. The van der Waals surface area contributed by atoms with Crippen LogP contribution in [0, 0.1) is 0 Å². The molecule has 1 nitrogen and oxygen atoms in total. The summed E-state index contributed by atoms with van der Waals surface area (Å²) in [6.07, 6.45) is 4.51. The first kappa shape index (κ1) is 12.0. The highest BCUT2D eigenvalue weighted by Crippen LogP contribution is 2.37. The number of ether oxygens (including phenoxy) is 1. The van der Waals surface area contributed by atoms with E-state index in [1.54, 1.807) is 0 Å². The van der Waals surface area contributed by atoms with Crippen molar-refractivity contribution >= 4 is 11.8 Å². The monoisotopic (exact) mass is 250 g/mol. The Morgan fingerprint density at radius 1 is 0.947 bits per heavy atom. The summed E-state index contributed by atoms with van der Waals surface area (Å²) < 4.78 is 6.20. The van der Waals surface area contributed by atoms with Crippen LogP contribution in [0.4, 0.5) is 0 Å². The van der Waals surface area contributed by atoms with Crippen molar-refractivity contribution in [2.75, 3.05) is 0 Å². The lowest BCUT2D eigenvalue weighted by Crippen LogP contribution is -2.10. The van der Waals surface area contributed by atoms with Crippen molar-refractivity contribution in [1.82, 2.24) is 0 Å². The molecule has 0 spiro atoms. The molecule has 0 aliphatic carbocycles. The number of benzene rings is 2. The first-order valence-corrected chi connectivity index (χ1v) is 6.91. The molecule has 2 aromatic carbocycles. The molecule has 0 saturated carbocycles. The summed E-state index contributed by atoms with van der Waals surface area (Å²) in [5.74, 6) is 0.984. The Balaban J connectivity index is 2.03. The molecule has 2 aromatic rings. The number of hydrogen-bond acceptors (Lipinski definition) is 1. The Bertz CT molecular complexity index is 584. The maximum absolute atomic E-state index is 6.20. The molecule has 0 fully saturated rings. The standard InChI is InChI=1S/C18H18O/c1-2-8-17-16-12-7-6-11-15(16)13-18(19-17)14-9-4-3-5-10-14/h3-7,9-13,17H,2,8H2,1H3. The van der Waals surface area contributed by atoms with Gasteiger partial charge in [0, 0.05) is 5.56 Å². The van der Waals surface area contributed by atoms with Gasteiger partial charge in [0.05, 0.1) is 0 Å². The van der Waals surface area contributed by atoms with Gasteiger partial charge in [-0.2, -0.15) is 0 Å². The van der Waals surface area contributed by atoms with E-state index in [0.717, 1.165) is 24.2 Å². The smallest absolute Gasteiger partial charge is 0.128 e. The molecule has 1 aliphatic heterocycles. The van der Waals surface area contributed by atoms with E-state index in [1.165, 1.54) is 11.1 Å². The second kappa shape index (κ2) is 5.31. The first-order chi connectivity index (χ1) is 9.38. The summed E-state index contributed by atoms with van der Waals surface area (Å²) in [5, 5.41) is 0. The Morgan fingerprint density at radius 3 is 2.47 bits per heavy atom. The number of hydrogen-bond donors (Lipinski definition) is 0. The van der Waals surface area contributed by atoms with Crippen LogP contribution in [-0.2, 0) is 4.74 Å². The van der Waals surface area contributed by atoms with Crippen LogP contribution in [-0.4, -0.2) is 0 Å². The zero-order chi connectivity index (χ0) is 13.1. The zero-order valence-corrected chi connectivity index (χ0v) is 11.2. The van der Waals surface area contributed by atoms with E-state index >= 15 is 0 Å². The third-order valence-corrected chi connectivity index (χ3v) is 3.51. The maximum Gasteiger partial charge on any atom is 0.128 e. The lowest BCUT2D eigenvalue weighted by molar-refractivity contribution is 0.156. The van der Waals surface area contributed by atoms with Gasteiger partial charge in [-0.05, 0) is 23.6 Å². The van der Waals surface area contributed by atoms with E-state index in [-0.39, 0.29) is 6.10 Å². The van der Waals surface area contributed by atoms with E-state index < -0.39 is 0 Å². The van der Waals surface area contributed by atoms with Crippen molar-refractivity contribution in [3.8, 4) is 0 Å². The Kier molecular flexibility index (Phi) is 3.37. The molecule has 1 unspecified atom stereocenters. The van der Waals surface area contributed by atoms with Gasteiger partial charge in [-0.15, -0.1) is 0 Å². The van der Waals surface area contributed by atoms with Crippen molar-refractivity contribution in [1.29, 1.82) is 0 Å². The van der Waals surface area contributed by atoms with Crippen LogP contribution in [0.2, 0.25) is 0 Å². The Morgan fingerprint density at radius 2 is 1.68 bits per heavy atom. The lowest BCUT2D eigenvalue weighted by atomic mass is 9.95. The van der Waals surface area contributed by atoms with Crippen LogP contribution in [0.15, 0.2) is 54.6 Å². The molecule has 1 heteroatoms. The van der Waals surface area contributed by atoms with Crippen molar-refractivity contribution in [3.05, 3.63) is 71.3 Å². The second-order valence-corrected chi connectivity index (χ2v) is 4.90. The Hall–Kier alpha value is -2.02. The van der Waals surface area contributed by atoms with Gasteiger partial charge in [0.2, 0.25) is 0 Å². The minimum Gasteiger partial charge on any atom is -0.485 e. The maximum atomic E-state index is 6.20. The first-order valence-electron chi connectivity index (χ1n) is 6.91. The van der Waals surface area contributed by atoms with Gasteiger partial charge in [-0.25, -0.2) is 0 Å². The summed E-state index contributed by atoms with van der Waals surface area (Å²) >= 11 is 0. The van der Waals surface area contributed by atoms with Gasteiger partial charge in [0.15, 0.2) is 0 Å². The van der Waals surface area contributed by atoms with Crippen molar-refractivity contribution in [3.63, 3.8) is 0 Å². The number of fused-ring (bicyclic) bond motifs is 1. The zero-order valence-electron chi connectivity index (χ0n) is 11.2. The van der Waals surface area contributed by atoms with Gasteiger partial charge in [-0.1, -0.05) is 67.9 Å². The molecule has 1 atom stereocenters. The van der Waals surface area contributed by atoms with Gasteiger partial charge >= 0.3 is 0 Å². The SMILES string of the molecule is CCCC1OC(c2ccccc2)=Cc2ccccc21. The molecular formula is C18H18O. The van der Waals surface area contributed by atoms with Crippen LogP contribution in [0.25, 0.3) is 11.8 Å². The van der Waals surface area contributed by atoms with Crippen LogP contribution < -0.4 is 0 Å². The molecule has 1 heterocycles. The fraction of sp³-hybridized carbons (Fsp3) is 0.222. The number of rotatable bonds is 3. The molecule has 96 valence electrons. The predicted octanol–water partition coefficient (Wildman–Crippen LogP) is 5.06. The highest BCUT2D eigenvalue weighted by Gasteiger charge is 2.21. The average molecular weight is 250 g/mol. The van der Waals surface area contributed by atoms with Crippen molar-refractivity contribution < 1.29 is 4.74 Å². The fourth-order valence-electron chi connectivity index (χ4n) is 2.56. The molecule has 0 aromatic heterocycles. The van der Waals surface area contributed by atoms with Gasteiger partial charge < -0.3 is 4.74 Å². The topological polar surface area (TPSA) is 9.23 Å². The molecule has 0 N–H and O–H groups in total. The second-order valence-electron chi connectivity index (χ2n) is 4.90. The minimum atomic E-state index is 0.182. The van der Waals surface area contributed by atoms with E-state index in [2.05, 4.69) is 61.5 Å². The fourth-order valence-corrected chi connectivity index (χ4v) is 2.56. The summed E-state index contributed by atoms with van der Waals surface area (Å²) in [5.41, 5.74) is 3.74. The van der Waals surface area contributed by atoms with E-state index in [9.17, 15) is 0 Å². The Labute approximate surface area is 114 Å². The largest absolute Gasteiger partial charge is 0.485 e. The van der Waals surface area contributed by atoms with Gasteiger partial charge in [0.25, 0.3) is 0 Å². The lowest BCUT2D eigenvalue weighted by Gasteiger charge is -2.27. The summed E-state index contributed by atoms with van der Waals surface area (Å²) in [6.45, 7) is 2.20. The van der Waals surface area contributed by atoms with E-state index in [1.807, 2.05) is 6.07 Å². The molecule has 1 aliphatic rings. The molecule has 0 saturated heterocycles. The molecule has 0 bridgehead atoms. The van der Waals surface area contributed by atoms with Gasteiger partial charge in [-0.3, -0.25) is 0 Å². The molecular weight excluding hydrogens is 232 g/mol. The van der Waals surface area contributed by atoms with E-state index in [4.69, 9.17) is 4.74 Å². The molecule has 0 amide bonds. The summed E-state index contributed by atoms with van der Waals surface area (Å²) in [4.78, 5) is 0. The summed E-state index contributed by atoms with van der Waals surface area (Å²) in [6, 6.07) is 18.9. The third kappa shape index (κ3) is 2.41. The minimum absolute atomic E-state index is 0.182. The quantitative estimate of drug-likeness (QED) is 0.740. The average Bonchev–Trinajstić information content (AvgIpc) is 2.48. The highest BCUT2D eigenvalue weighted by atomic mass is 16.5. The molecule has 19 heavy (non-hydrogen) atoms. The predicted molar refractivity (Wildman–Crippen MR) is 79.5 cm³/mol. The summed E-state index contributed by atoms with van der Waals surface area (Å²) in [7, 11) is 0. The third-order valence-electron chi connectivity index (χ3n) is 3.51. The van der Waals surface area contributed by atoms with Gasteiger partial charge in [0.1, 0.15) is 11.9 Å². The van der Waals surface area contributed by atoms with Crippen LogP contribution >= 0.6 is 0 Å². The van der Waals surface area contributed by atoms with Crippen LogP contribution in [0.1, 0.15) is 42.6 Å². The van der Waals surface area contributed by atoms with E-state index in [0.29, 0.717) is 0 Å². The molecule has 3 rings (SSSR count). The normalized spacial score (nSPS) is 17.3. The van der Waals surface area contributed by atoms with Crippen LogP contribution in [0.5, 0.6) is 0 Å². The highest BCUT2D eigenvalue weighted by molar-refractivity contribution is 5.80. The van der Waals surface area contributed by atoms with Crippen molar-refractivity contribution in [2.24, 2.45) is 0 Å². The van der Waals surface area contributed by atoms with Crippen LogP contribution in [0.3, 0.4) is 0 Å².